The van der Waals surface area contributed by atoms with Crippen molar-refractivity contribution < 1.29 is 13.3 Å². The molecule has 0 aromatic heterocycles. The average molecular weight is 244 g/mol. The average Bonchev–Trinajstić information content (AvgIpc) is 2.16. The van der Waals surface area contributed by atoms with Crippen LogP contribution in [0.15, 0.2) is 18.2 Å². The normalized spacial score (nSPS) is 11.1. The van der Waals surface area contributed by atoms with E-state index < -0.39 is 14.9 Å². The van der Waals surface area contributed by atoms with E-state index in [1.807, 2.05) is 0 Å². The van der Waals surface area contributed by atoms with Crippen LogP contribution in [0.5, 0.6) is 0 Å². The van der Waals surface area contributed by atoms with Crippen LogP contribution in [0.1, 0.15) is 12.5 Å². The van der Waals surface area contributed by atoms with Crippen LogP contribution in [0, 0.1) is 17.0 Å². The van der Waals surface area contributed by atoms with E-state index in [-0.39, 0.29) is 17.1 Å². The Labute approximate surface area is 93.5 Å². The number of nitrogens with zero attached hydrogens (tertiary/aromatic N) is 1. The zero-order chi connectivity index (χ0) is 12.3. The van der Waals surface area contributed by atoms with Gasteiger partial charge in [-0.1, -0.05) is 6.07 Å². The van der Waals surface area contributed by atoms with E-state index in [1.165, 1.54) is 19.1 Å². The van der Waals surface area contributed by atoms with E-state index in [2.05, 4.69) is 4.72 Å². The third-order valence-corrected chi connectivity index (χ3v) is 3.29. The Balaban J connectivity index is 3.21. The molecule has 6 nitrogen and oxygen atoms in total. The van der Waals surface area contributed by atoms with Crippen molar-refractivity contribution in [2.75, 3.05) is 10.5 Å². The molecule has 0 saturated carbocycles. The number of nitrogens with one attached hydrogen (secondary N) is 1. The molecule has 1 N–H and O–H groups in total. The molecule has 0 spiro atoms. The summed E-state index contributed by atoms with van der Waals surface area (Å²) in [6.07, 6.45) is 0. The number of hydrogen-bond acceptors (Lipinski definition) is 4. The van der Waals surface area contributed by atoms with Crippen molar-refractivity contribution in [1.29, 1.82) is 0 Å². The third-order valence-electron chi connectivity index (χ3n) is 1.99. The second kappa shape index (κ2) is 4.48. The summed E-state index contributed by atoms with van der Waals surface area (Å²) in [7, 11) is -3.50. The Morgan fingerprint density at radius 3 is 2.56 bits per heavy atom. The van der Waals surface area contributed by atoms with Crippen LogP contribution >= 0.6 is 0 Å². The smallest absolute Gasteiger partial charge is 0.277 e. The van der Waals surface area contributed by atoms with Gasteiger partial charge < -0.3 is 0 Å². The van der Waals surface area contributed by atoms with Crippen molar-refractivity contribution in [2.24, 2.45) is 0 Å². The molecule has 0 aliphatic rings. The molecule has 0 saturated heterocycles. The van der Waals surface area contributed by atoms with Gasteiger partial charge in [0.2, 0.25) is 10.0 Å². The van der Waals surface area contributed by atoms with Crippen molar-refractivity contribution in [1.82, 2.24) is 0 Å². The Morgan fingerprint density at radius 1 is 1.44 bits per heavy atom. The van der Waals surface area contributed by atoms with Gasteiger partial charge in [-0.3, -0.25) is 14.8 Å². The molecular weight excluding hydrogens is 232 g/mol. The Hall–Kier alpha value is -1.63. The first-order chi connectivity index (χ1) is 7.35. The van der Waals surface area contributed by atoms with Gasteiger partial charge in [0.15, 0.2) is 0 Å². The first kappa shape index (κ1) is 12.4. The molecule has 0 atom stereocenters. The summed E-state index contributed by atoms with van der Waals surface area (Å²) in [6, 6.07) is 4.27. The minimum absolute atomic E-state index is 0.00634. The lowest BCUT2D eigenvalue weighted by Gasteiger charge is -2.07. The summed E-state index contributed by atoms with van der Waals surface area (Å²) >= 11 is 0. The van der Waals surface area contributed by atoms with Gasteiger partial charge in [-0.15, -0.1) is 0 Å². The molecule has 0 unspecified atom stereocenters. The predicted molar refractivity (Wildman–Crippen MR) is 60.9 cm³/mol. The predicted octanol–water partition coefficient (Wildman–Crippen LogP) is 1.66. The fraction of sp³-hybridized carbons (Fsp3) is 0.333. The molecule has 0 fully saturated rings. The number of benzene rings is 1. The van der Waals surface area contributed by atoms with E-state index in [1.54, 1.807) is 13.0 Å². The van der Waals surface area contributed by atoms with Crippen molar-refractivity contribution in [3.8, 4) is 0 Å². The highest BCUT2D eigenvalue weighted by Gasteiger charge is 2.17. The fourth-order valence-electron chi connectivity index (χ4n) is 1.13. The first-order valence-electron chi connectivity index (χ1n) is 4.61. The van der Waals surface area contributed by atoms with Crippen LogP contribution in [0.2, 0.25) is 0 Å². The summed E-state index contributed by atoms with van der Waals surface area (Å²) in [4.78, 5) is 10.1. The van der Waals surface area contributed by atoms with E-state index in [0.717, 1.165) is 5.56 Å². The lowest BCUT2D eigenvalue weighted by atomic mass is 10.2. The molecule has 7 heteroatoms. The fourth-order valence-corrected chi connectivity index (χ4v) is 1.77. The number of sulfonamides is 1. The largest absolute Gasteiger partial charge is 0.293 e. The number of aryl methyl sites for hydroxylation is 1. The lowest BCUT2D eigenvalue weighted by Crippen LogP contribution is -2.15. The standard InChI is InChI=1S/C9H12N2O4S/c1-3-16(14,15)10-8-6-7(2)4-5-9(8)11(12)13/h4-6,10H,3H2,1-2H3. The van der Waals surface area contributed by atoms with Gasteiger partial charge in [0, 0.05) is 6.07 Å². The molecule has 88 valence electrons. The summed E-state index contributed by atoms with van der Waals surface area (Å²) in [6.45, 7) is 3.19. The van der Waals surface area contributed by atoms with Crippen molar-refractivity contribution in [3.63, 3.8) is 0 Å². The molecule has 0 bridgehead atoms. The monoisotopic (exact) mass is 244 g/mol. The molecule has 16 heavy (non-hydrogen) atoms. The van der Waals surface area contributed by atoms with E-state index in [0.29, 0.717) is 0 Å². The quantitative estimate of drug-likeness (QED) is 0.644. The highest BCUT2D eigenvalue weighted by molar-refractivity contribution is 7.92. The van der Waals surface area contributed by atoms with Gasteiger partial charge in [0.25, 0.3) is 5.69 Å². The van der Waals surface area contributed by atoms with Gasteiger partial charge in [-0.05, 0) is 25.5 Å². The van der Waals surface area contributed by atoms with E-state index >= 15 is 0 Å². The lowest BCUT2D eigenvalue weighted by molar-refractivity contribution is -0.383. The molecular formula is C9H12N2O4S. The van der Waals surface area contributed by atoms with Crippen LogP contribution in [0.4, 0.5) is 11.4 Å². The second-order valence-corrected chi connectivity index (χ2v) is 5.29. The van der Waals surface area contributed by atoms with Crippen molar-refractivity contribution in [3.05, 3.63) is 33.9 Å². The molecule has 0 radical (unpaired) electrons. The van der Waals surface area contributed by atoms with Crippen LogP contribution in [0.25, 0.3) is 0 Å². The first-order valence-corrected chi connectivity index (χ1v) is 6.26. The van der Waals surface area contributed by atoms with Gasteiger partial charge in [-0.25, -0.2) is 8.42 Å². The molecule has 0 amide bonds. The van der Waals surface area contributed by atoms with Crippen LogP contribution < -0.4 is 4.72 Å². The van der Waals surface area contributed by atoms with Crippen molar-refractivity contribution >= 4 is 21.4 Å². The maximum atomic E-state index is 11.3. The van der Waals surface area contributed by atoms with Gasteiger partial charge in [-0.2, -0.15) is 0 Å². The maximum absolute atomic E-state index is 11.3. The maximum Gasteiger partial charge on any atom is 0.293 e. The summed E-state index contributed by atoms with van der Waals surface area (Å²) in [5.74, 6) is -0.127. The number of anilines is 1. The van der Waals surface area contributed by atoms with Gasteiger partial charge in [0.05, 0.1) is 10.7 Å². The van der Waals surface area contributed by atoms with Gasteiger partial charge >= 0.3 is 0 Å². The summed E-state index contributed by atoms with van der Waals surface area (Å²) < 4.78 is 24.8. The molecule has 0 aliphatic carbocycles. The van der Waals surface area contributed by atoms with E-state index in [9.17, 15) is 18.5 Å². The van der Waals surface area contributed by atoms with E-state index in [4.69, 9.17) is 0 Å². The molecule has 0 heterocycles. The minimum atomic E-state index is -3.50. The number of nitro groups is 1. The Kier molecular flexibility index (Phi) is 3.48. The minimum Gasteiger partial charge on any atom is -0.277 e. The molecule has 0 aliphatic heterocycles. The zero-order valence-corrected chi connectivity index (χ0v) is 9.74. The summed E-state index contributed by atoms with van der Waals surface area (Å²) in [5.41, 5.74) is 0.508. The Morgan fingerprint density at radius 2 is 2.06 bits per heavy atom. The molecule has 1 aromatic carbocycles. The number of hydrogen-bond donors (Lipinski definition) is 1. The number of rotatable bonds is 4. The van der Waals surface area contributed by atoms with Crippen molar-refractivity contribution in [2.45, 2.75) is 13.8 Å². The van der Waals surface area contributed by atoms with Gasteiger partial charge in [0.1, 0.15) is 5.69 Å². The zero-order valence-electron chi connectivity index (χ0n) is 8.93. The Bertz CT molecular complexity index is 510. The number of nitro benzene ring substituents is 1. The SMILES string of the molecule is CCS(=O)(=O)Nc1cc(C)ccc1[N+](=O)[O-]. The topological polar surface area (TPSA) is 89.3 Å². The third kappa shape index (κ3) is 2.93. The molecule has 1 aromatic rings. The van der Waals surface area contributed by atoms with Crippen LogP contribution in [-0.2, 0) is 10.0 Å². The molecule has 1 rings (SSSR count). The highest BCUT2D eigenvalue weighted by Crippen LogP contribution is 2.26. The van der Waals surface area contributed by atoms with Crippen LogP contribution in [0.3, 0.4) is 0 Å². The van der Waals surface area contributed by atoms with Crippen LogP contribution in [-0.4, -0.2) is 19.1 Å². The summed E-state index contributed by atoms with van der Waals surface area (Å²) in [5, 5.41) is 10.7. The second-order valence-electron chi connectivity index (χ2n) is 3.28. The highest BCUT2D eigenvalue weighted by atomic mass is 32.2.